The molecule has 1 unspecified atom stereocenters. The topological polar surface area (TPSA) is 62.6 Å². The second-order valence-corrected chi connectivity index (χ2v) is 6.76. The summed E-state index contributed by atoms with van der Waals surface area (Å²) in [4.78, 5) is 25.9. The number of hydrogen-bond acceptors (Lipinski definition) is 3. The third kappa shape index (κ3) is 2.96. The lowest BCUT2D eigenvalue weighted by atomic mass is 10.1. The van der Waals surface area contributed by atoms with E-state index < -0.39 is 0 Å². The summed E-state index contributed by atoms with van der Waals surface area (Å²) < 4.78 is 5.88. The maximum Gasteiger partial charge on any atom is 0.228 e. The molecule has 5 heteroatoms. The average Bonchev–Trinajstić information content (AvgIpc) is 3.22. The highest BCUT2D eigenvalue weighted by atomic mass is 16.3. The highest BCUT2D eigenvalue weighted by Crippen LogP contribution is 2.28. The summed E-state index contributed by atoms with van der Waals surface area (Å²) in [6.07, 6.45) is 0.691. The second-order valence-electron chi connectivity index (χ2n) is 6.76. The Labute approximate surface area is 151 Å². The summed E-state index contributed by atoms with van der Waals surface area (Å²) in [5.74, 6) is 0.768. The van der Waals surface area contributed by atoms with Gasteiger partial charge in [0.05, 0.1) is 18.9 Å². The van der Waals surface area contributed by atoms with Crippen molar-refractivity contribution < 1.29 is 14.0 Å². The molecule has 1 aliphatic heterocycles. The van der Waals surface area contributed by atoms with Gasteiger partial charge in [-0.3, -0.25) is 9.59 Å². The lowest BCUT2D eigenvalue weighted by Gasteiger charge is -2.23. The highest BCUT2D eigenvalue weighted by Gasteiger charge is 2.22. The summed E-state index contributed by atoms with van der Waals surface area (Å²) in [6.45, 7) is 1.96. The number of amides is 2. The third-order valence-electron chi connectivity index (χ3n) is 4.99. The van der Waals surface area contributed by atoms with Crippen LogP contribution >= 0.6 is 0 Å². The Morgan fingerprint density at radius 2 is 2.04 bits per heavy atom. The van der Waals surface area contributed by atoms with E-state index in [4.69, 9.17) is 4.42 Å². The van der Waals surface area contributed by atoms with Crippen molar-refractivity contribution in [1.82, 2.24) is 4.90 Å². The standard InChI is InChI=1S/C21H20N2O3/c1-13(19-11-16-5-3-4-6-18(16)26-19)23(2)21(25)10-14-7-8-15-12-20(24)22-17(15)9-14/h3-9,11,13H,10,12H2,1-2H3,(H,22,24). The number of para-hydroxylation sites is 1. The minimum atomic E-state index is -0.163. The van der Waals surface area contributed by atoms with Gasteiger partial charge in [-0.2, -0.15) is 0 Å². The highest BCUT2D eigenvalue weighted by molar-refractivity contribution is 5.99. The lowest BCUT2D eigenvalue weighted by Crippen LogP contribution is -2.30. The Morgan fingerprint density at radius 1 is 1.23 bits per heavy atom. The summed E-state index contributed by atoms with van der Waals surface area (Å²) in [7, 11) is 1.79. The van der Waals surface area contributed by atoms with Crippen LogP contribution in [0, 0.1) is 0 Å². The normalized spacial score (nSPS) is 14.2. The molecule has 1 N–H and O–H groups in total. The first kappa shape index (κ1) is 16.4. The predicted molar refractivity (Wildman–Crippen MR) is 99.9 cm³/mol. The fourth-order valence-electron chi connectivity index (χ4n) is 3.29. The van der Waals surface area contributed by atoms with Gasteiger partial charge in [0.2, 0.25) is 11.8 Å². The molecule has 3 aromatic rings. The molecule has 0 fully saturated rings. The van der Waals surface area contributed by atoms with Gasteiger partial charge in [-0.25, -0.2) is 0 Å². The number of carbonyl (C=O) groups is 2. The number of anilines is 1. The van der Waals surface area contributed by atoms with Crippen molar-refractivity contribution in [3.63, 3.8) is 0 Å². The van der Waals surface area contributed by atoms with Crippen LogP contribution < -0.4 is 5.32 Å². The molecule has 1 aliphatic rings. The van der Waals surface area contributed by atoms with Gasteiger partial charge >= 0.3 is 0 Å². The van der Waals surface area contributed by atoms with Crippen molar-refractivity contribution in [2.45, 2.75) is 25.8 Å². The van der Waals surface area contributed by atoms with E-state index in [1.54, 1.807) is 11.9 Å². The number of fused-ring (bicyclic) bond motifs is 2. The number of furan rings is 1. The van der Waals surface area contributed by atoms with Crippen molar-refractivity contribution >= 4 is 28.5 Å². The van der Waals surface area contributed by atoms with Crippen LogP contribution in [0.4, 0.5) is 5.69 Å². The first-order valence-electron chi connectivity index (χ1n) is 8.67. The Balaban J connectivity index is 1.49. The van der Waals surface area contributed by atoms with Crippen LogP contribution in [-0.4, -0.2) is 23.8 Å². The number of nitrogens with one attached hydrogen (secondary N) is 1. The van der Waals surface area contributed by atoms with Gasteiger partial charge in [0.1, 0.15) is 11.3 Å². The molecule has 2 heterocycles. The van der Waals surface area contributed by atoms with E-state index in [9.17, 15) is 9.59 Å². The van der Waals surface area contributed by atoms with Crippen molar-refractivity contribution in [3.05, 3.63) is 65.4 Å². The van der Waals surface area contributed by atoms with E-state index in [0.29, 0.717) is 6.42 Å². The number of benzene rings is 2. The van der Waals surface area contributed by atoms with Crippen LogP contribution in [0.25, 0.3) is 11.0 Å². The zero-order valence-electron chi connectivity index (χ0n) is 14.8. The van der Waals surface area contributed by atoms with Crippen LogP contribution in [0.3, 0.4) is 0 Å². The van der Waals surface area contributed by atoms with Gasteiger partial charge in [-0.05, 0) is 36.2 Å². The number of rotatable bonds is 4. The summed E-state index contributed by atoms with van der Waals surface area (Å²) in [5.41, 5.74) is 3.51. The maximum atomic E-state index is 12.7. The zero-order chi connectivity index (χ0) is 18.3. The number of nitrogens with zero attached hydrogens (tertiary/aromatic N) is 1. The first-order valence-corrected chi connectivity index (χ1v) is 8.67. The third-order valence-corrected chi connectivity index (χ3v) is 4.99. The number of carbonyl (C=O) groups excluding carboxylic acids is 2. The van der Waals surface area contributed by atoms with Gasteiger partial charge in [0, 0.05) is 18.1 Å². The lowest BCUT2D eigenvalue weighted by molar-refractivity contribution is -0.131. The first-order chi connectivity index (χ1) is 12.5. The fraction of sp³-hybridized carbons (Fsp3) is 0.238. The molecule has 0 saturated heterocycles. The molecule has 26 heavy (non-hydrogen) atoms. The van der Waals surface area contributed by atoms with Crippen molar-refractivity contribution in [2.24, 2.45) is 0 Å². The van der Waals surface area contributed by atoms with Crippen LogP contribution in [0.5, 0.6) is 0 Å². The van der Waals surface area contributed by atoms with E-state index in [0.717, 1.165) is 33.5 Å². The smallest absolute Gasteiger partial charge is 0.228 e. The molecule has 1 aromatic heterocycles. The Bertz CT molecular complexity index is 972. The van der Waals surface area contributed by atoms with Crippen LogP contribution in [0.15, 0.2) is 52.9 Å². The van der Waals surface area contributed by atoms with Gasteiger partial charge in [-0.1, -0.05) is 30.3 Å². The molecule has 0 spiro atoms. The zero-order valence-corrected chi connectivity index (χ0v) is 14.8. The number of likely N-dealkylation sites (N-methyl/N-ethyl adjacent to an activating group) is 1. The van der Waals surface area contributed by atoms with Gasteiger partial charge in [0.25, 0.3) is 0 Å². The minimum absolute atomic E-state index is 0.000831. The van der Waals surface area contributed by atoms with Gasteiger partial charge in [-0.15, -0.1) is 0 Å². The maximum absolute atomic E-state index is 12.7. The van der Waals surface area contributed by atoms with E-state index in [1.165, 1.54) is 0 Å². The summed E-state index contributed by atoms with van der Waals surface area (Å²) >= 11 is 0. The molecule has 4 rings (SSSR count). The molecule has 0 aliphatic carbocycles. The van der Waals surface area contributed by atoms with Crippen molar-refractivity contribution in [2.75, 3.05) is 12.4 Å². The summed E-state index contributed by atoms with van der Waals surface area (Å²) in [5, 5.41) is 3.86. The molecule has 0 saturated carbocycles. The van der Waals surface area contributed by atoms with Crippen molar-refractivity contribution in [3.8, 4) is 0 Å². The molecule has 0 radical (unpaired) electrons. The summed E-state index contributed by atoms with van der Waals surface area (Å²) in [6, 6.07) is 15.4. The van der Waals surface area contributed by atoms with E-state index in [2.05, 4.69) is 5.32 Å². The fourth-order valence-corrected chi connectivity index (χ4v) is 3.29. The van der Waals surface area contributed by atoms with E-state index in [-0.39, 0.29) is 24.3 Å². The molecule has 2 aromatic carbocycles. The van der Waals surface area contributed by atoms with E-state index in [1.807, 2.05) is 55.5 Å². The van der Waals surface area contributed by atoms with Gasteiger partial charge < -0.3 is 14.6 Å². The van der Waals surface area contributed by atoms with E-state index >= 15 is 0 Å². The van der Waals surface area contributed by atoms with Crippen LogP contribution in [0.2, 0.25) is 0 Å². The quantitative estimate of drug-likeness (QED) is 0.782. The SMILES string of the molecule is CC(c1cc2ccccc2o1)N(C)C(=O)Cc1ccc2c(c1)NC(=O)C2. The molecule has 5 nitrogen and oxygen atoms in total. The average molecular weight is 348 g/mol. The van der Waals surface area contributed by atoms with Gasteiger partial charge in [0.15, 0.2) is 0 Å². The predicted octanol–water partition coefficient (Wildman–Crippen LogP) is 3.69. The van der Waals surface area contributed by atoms with Crippen LogP contribution in [-0.2, 0) is 22.4 Å². The molecule has 132 valence electrons. The molecular formula is C21H20N2O3. The Hall–Kier alpha value is -3.08. The number of hydrogen-bond donors (Lipinski definition) is 1. The Kier molecular flexibility index (Phi) is 3.99. The molecular weight excluding hydrogens is 328 g/mol. The molecule has 1 atom stereocenters. The molecule has 2 amide bonds. The van der Waals surface area contributed by atoms with Crippen LogP contribution in [0.1, 0.15) is 29.9 Å². The Morgan fingerprint density at radius 3 is 2.85 bits per heavy atom. The largest absolute Gasteiger partial charge is 0.459 e. The monoisotopic (exact) mass is 348 g/mol. The van der Waals surface area contributed by atoms with Crippen molar-refractivity contribution in [1.29, 1.82) is 0 Å². The minimum Gasteiger partial charge on any atom is -0.459 e. The molecule has 0 bridgehead atoms. The second kappa shape index (κ2) is 6.33.